The molecule has 0 aromatic heterocycles. The number of carbonyl (C=O) groups is 1. The molecular formula is C13H22O2. The molecule has 0 bridgehead atoms. The zero-order valence-electron chi connectivity index (χ0n) is 9.54. The summed E-state index contributed by atoms with van der Waals surface area (Å²) in [5.41, 5.74) is 0. The van der Waals surface area contributed by atoms with Crippen molar-refractivity contribution in [3.05, 3.63) is 25.3 Å². The predicted octanol–water partition coefficient (Wildman–Crippen LogP) is 3.63. The number of hydrogen-bond donors (Lipinski definition) is 0. The van der Waals surface area contributed by atoms with Gasteiger partial charge in [-0.3, -0.25) is 0 Å². The van der Waals surface area contributed by atoms with Crippen LogP contribution in [0.5, 0.6) is 0 Å². The van der Waals surface area contributed by atoms with Crippen LogP contribution in [0.4, 0.5) is 0 Å². The van der Waals surface area contributed by atoms with Crippen molar-refractivity contribution in [3.8, 4) is 0 Å². The van der Waals surface area contributed by atoms with Crippen molar-refractivity contribution in [1.29, 1.82) is 0 Å². The molecule has 0 aliphatic carbocycles. The topological polar surface area (TPSA) is 26.3 Å². The van der Waals surface area contributed by atoms with Gasteiger partial charge in [-0.25, -0.2) is 4.79 Å². The molecule has 0 atom stereocenters. The van der Waals surface area contributed by atoms with Gasteiger partial charge in [-0.1, -0.05) is 38.3 Å². The first-order valence-electron chi connectivity index (χ1n) is 5.71. The maximum absolute atomic E-state index is 10.7. The molecule has 0 aromatic carbocycles. The van der Waals surface area contributed by atoms with E-state index in [0.717, 1.165) is 19.3 Å². The molecule has 0 aliphatic rings. The first kappa shape index (κ1) is 13.9. The van der Waals surface area contributed by atoms with Crippen LogP contribution in [-0.2, 0) is 9.53 Å². The van der Waals surface area contributed by atoms with Crippen LogP contribution in [0.3, 0.4) is 0 Å². The van der Waals surface area contributed by atoms with E-state index >= 15 is 0 Å². The van der Waals surface area contributed by atoms with Crippen LogP contribution in [0.1, 0.15) is 44.9 Å². The molecule has 0 aliphatic heterocycles. The van der Waals surface area contributed by atoms with Gasteiger partial charge in [-0.05, 0) is 19.3 Å². The van der Waals surface area contributed by atoms with Crippen LogP contribution < -0.4 is 0 Å². The zero-order valence-corrected chi connectivity index (χ0v) is 9.54. The lowest BCUT2D eigenvalue weighted by atomic mass is 10.1. The Morgan fingerprint density at radius 3 is 2.20 bits per heavy atom. The summed E-state index contributed by atoms with van der Waals surface area (Å²) < 4.78 is 4.87. The first-order valence-corrected chi connectivity index (χ1v) is 5.71. The van der Waals surface area contributed by atoms with Gasteiger partial charge in [0.2, 0.25) is 0 Å². The molecule has 0 radical (unpaired) electrons. The third kappa shape index (κ3) is 10.9. The smallest absolute Gasteiger partial charge is 0.330 e. The Kier molecular flexibility index (Phi) is 10.3. The summed E-state index contributed by atoms with van der Waals surface area (Å²) in [6, 6.07) is 0. The highest BCUT2D eigenvalue weighted by Gasteiger charge is 1.95. The normalized spacial score (nSPS) is 9.60. The minimum absolute atomic E-state index is 0.319. The highest BCUT2D eigenvalue weighted by atomic mass is 16.5. The Morgan fingerprint density at radius 2 is 1.60 bits per heavy atom. The SMILES string of the molecule is C=CCCCCCCCCOC(=O)C=C. The van der Waals surface area contributed by atoms with Crippen LogP contribution in [0, 0.1) is 0 Å². The number of carbonyl (C=O) groups excluding carboxylic acids is 1. The fraction of sp³-hybridized carbons (Fsp3) is 0.615. The molecule has 2 nitrogen and oxygen atoms in total. The molecule has 0 heterocycles. The van der Waals surface area contributed by atoms with E-state index in [4.69, 9.17) is 4.74 Å². The van der Waals surface area contributed by atoms with E-state index in [1.54, 1.807) is 0 Å². The van der Waals surface area contributed by atoms with Gasteiger partial charge < -0.3 is 4.74 Å². The summed E-state index contributed by atoms with van der Waals surface area (Å²) in [7, 11) is 0. The highest BCUT2D eigenvalue weighted by molar-refractivity contribution is 5.81. The summed E-state index contributed by atoms with van der Waals surface area (Å²) in [5.74, 6) is -0.319. The molecule has 0 N–H and O–H groups in total. The molecule has 0 unspecified atom stereocenters. The molecule has 0 aromatic rings. The van der Waals surface area contributed by atoms with Gasteiger partial charge in [0, 0.05) is 6.08 Å². The fourth-order valence-electron chi connectivity index (χ4n) is 1.33. The molecule has 0 spiro atoms. The average Bonchev–Trinajstić information content (AvgIpc) is 2.26. The molecule has 0 saturated heterocycles. The Morgan fingerprint density at radius 1 is 1.00 bits per heavy atom. The van der Waals surface area contributed by atoms with Gasteiger partial charge in [-0.15, -0.1) is 6.58 Å². The van der Waals surface area contributed by atoms with E-state index in [1.807, 2.05) is 6.08 Å². The summed E-state index contributed by atoms with van der Waals surface area (Å²) in [6.07, 6.45) is 11.4. The van der Waals surface area contributed by atoms with Crippen molar-refractivity contribution < 1.29 is 9.53 Å². The minimum atomic E-state index is -0.319. The molecule has 0 amide bonds. The summed E-state index contributed by atoms with van der Waals surface area (Å²) in [4.78, 5) is 10.7. The Balaban J connectivity index is 3.01. The molecule has 0 rings (SSSR count). The van der Waals surface area contributed by atoms with Gasteiger partial charge in [0.15, 0.2) is 0 Å². The summed E-state index contributed by atoms with van der Waals surface area (Å²) in [5, 5.41) is 0. The van der Waals surface area contributed by atoms with Gasteiger partial charge in [0.25, 0.3) is 0 Å². The van der Waals surface area contributed by atoms with Crippen molar-refractivity contribution in [1.82, 2.24) is 0 Å². The lowest BCUT2D eigenvalue weighted by Crippen LogP contribution is -2.01. The van der Waals surface area contributed by atoms with Crippen molar-refractivity contribution in [2.75, 3.05) is 6.61 Å². The molecule has 0 fully saturated rings. The first-order chi connectivity index (χ1) is 7.31. The van der Waals surface area contributed by atoms with Gasteiger partial charge in [0.1, 0.15) is 0 Å². The number of hydrogen-bond acceptors (Lipinski definition) is 2. The van der Waals surface area contributed by atoms with Crippen LogP contribution >= 0.6 is 0 Å². The van der Waals surface area contributed by atoms with Gasteiger partial charge >= 0.3 is 5.97 Å². The highest BCUT2D eigenvalue weighted by Crippen LogP contribution is 2.07. The quantitative estimate of drug-likeness (QED) is 0.238. The second kappa shape index (κ2) is 11.0. The van der Waals surface area contributed by atoms with E-state index in [2.05, 4.69) is 13.2 Å². The number of unbranched alkanes of at least 4 members (excludes halogenated alkanes) is 6. The van der Waals surface area contributed by atoms with E-state index in [0.29, 0.717) is 6.61 Å². The van der Waals surface area contributed by atoms with E-state index < -0.39 is 0 Å². The monoisotopic (exact) mass is 210 g/mol. The minimum Gasteiger partial charge on any atom is -0.463 e. The second-order valence-electron chi connectivity index (χ2n) is 3.57. The van der Waals surface area contributed by atoms with Gasteiger partial charge in [-0.2, -0.15) is 0 Å². The Hall–Kier alpha value is -1.05. The predicted molar refractivity (Wildman–Crippen MR) is 63.7 cm³/mol. The van der Waals surface area contributed by atoms with E-state index in [1.165, 1.54) is 31.8 Å². The van der Waals surface area contributed by atoms with Crippen molar-refractivity contribution in [3.63, 3.8) is 0 Å². The van der Waals surface area contributed by atoms with Gasteiger partial charge in [0.05, 0.1) is 6.61 Å². The summed E-state index contributed by atoms with van der Waals surface area (Å²) in [6.45, 7) is 7.55. The van der Waals surface area contributed by atoms with Crippen molar-refractivity contribution in [2.45, 2.75) is 44.9 Å². The lowest BCUT2D eigenvalue weighted by molar-refractivity contribution is -0.137. The second-order valence-corrected chi connectivity index (χ2v) is 3.57. The number of allylic oxidation sites excluding steroid dienone is 1. The van der Waals surface area contributed by atoms with Crippen molar-refractivity contribution in [2.24, 2.45) is 0 Å². The third-order valence-corrected chi connectivity index (χ3v) is 2.21. The zero-order chi connectivity index (χ0) is 11.4. The lowest BCUT2D eigenvalue weighted by Gasteiger charge is -2.02. The third-order valence-electron chi connectivity index (χ3n) is 2.21. The number of esters is 1. The van der Waals surface area contributed by atoms with Crippen LogP contribution in [0.25, 0.3) is 0 Å². The Bertz CT molecular complexity index is 185. The van der Waals surface area contributed by atoms with E-state index in [9.17, 15) is 4.79 Å². The Labute approximate surface area is 93.0 Å². The maximum atomic E-state index is 10.7. The van der Waals surface area contributed by atoms with Crippen LogP contribution in [0.15, 0.2) is 25.3 Å². The number of rotatable bonds is 10. The van der Waals surface area contributed by atoms with Crippen LogP contribution in [-0.4, -0.2) is 12.6 Å². The standard InChI is InChI=1S/C13H22O2/c1-3-5-6-7-8-9-10-11-12-15-13(14)4-2/h3-4H,1-2,5-12H2. The van der Waals surface area contributed by atoms with Crippen molar-refractivity contribution >= 4 is 5.97 Å². The number of ether oxygens (including phenoxy) is 1. The molecule has 0 saturated carbocycles. The average molecular weight is 210 g/mol. The molecular weight excluding hydrogens is 188 g/mol. The largest absolute Gasteiger partial charge is 0.463 e. The molecule has 2 heteroatoms. The van der Waals surface area contributed by atoms with E-state index in [-0.39, 0.29) is 5.97 Å². The van der Waals surface area contributed by atoms with Crippen LogP contribution in [0.2, 0.25) is 0 Å². The fourth-order valence-corrected chi connectivity index (χ4v) is 1.33. The molecule has 15 heavy (non-hydrogen) atoms. The summed E-state index contributed by atoms with van der Waals surface area (Å²) >= 11 is 0. The maximum Gasteiger partial charge on any atom is 0.330 e. The molecule has 86 valence electrons.